The third kappa shape index (κ3) is 2.33. The number of hydrogen-bond donors (Lipinski definition) is 0. The number of benzene rings is 1. The number of ether oxygens (including phenoxy) is 2. The van der Waals surface area contributed by atoms with E-state index in [9.17, 15) is 8.78 Å². The molecule has 0 N–H and O–H groups in total. The summed E-state index contributed by atoms with van der Waals surface area (Å²) < 4.78 is 37.6. The Balaban J connectivity index is 2.75. The van der Waals surface area contributed by atoms with Crippen LogP contribution in [0.4, 0.5) is 8.78 Å². The van der Waals surface area contributed by atoms with Crippen LogP contribution in [0.15, 0.2) is 18.2 Å². The summed E-state index contributed by atoms with van der Waals surface area (Å²) in [4.78, 5) is 7.95. The smallest absolute Gasteiger partial charge is 0.319 e. The van der Waals surface area contributed by atoms with Gasteiger partial charge in [-0.1, -0.05) is 6.07 Å². The average Bonchev–Trinajstić information content (AvgIpc) is 2.39. The molecule has 2 aromatic rings. The lowest BCUT2D eigenvalue weighted by atomic mass is 10.0. The normalized spacial score (nSPS) is 10.4. The number of rotatable bonds is 3. The largest absolute Gasteiger partial charge is 0.480 e. The zero-order chi connectivity index (χ0) is 14.0. The lowest BCUT2D eigenvalue weighted by Crippen LogP contribution is -2.03. The monoisotopic (exact) mass is 266 g/mol. The lowest BCUT2D eigenvalue weighted by Gasteiger charge is -2.12. The fourth-order valence-corrected chi connectivity index (χ4v) is 1.79. The molecule has 1 aromatic carbocycles. The molecule has 0 saturated heterocycles. The molecule has 0 unspecified atom stereocenters. The molecule has 0 amide bonds. The minimum Gasteiger partial charge on any atom is -0.480 e. The van der Waals surface area contributed by atoms with Crippen LogP contribution < -0.4 is 9.47 Å². The van der Waals surface area contributed by atoms with E-state index >= 15 is 0 Å². The summed E-state index contributed by atoms with van der Waals surface area (Å²) in [6.07, 6.45) is 0. The number of nitrogens with zero attached hydrogens (tertiary/aromatic N) is 2. The quantitative estimate of drug-likeness (QED) is 0.856. The highest BCUT2D eigenvalue weighted by Crippen LogP contribution is 2.35. The molecule has 0 bridgehead atoms. The summed E-state index contributed by atoms with van der Waals surface area (Å²) in [7, 11) is 2.76. The standard InChI is InChI=1S/C13H12F2N2O2/c1-7-10(11-8(14)5-4-6-9(11)15)12(18-2)17-13(16-7)19-3/h4-6H,1-3H3. The van der Waals surface area contributed by atoms with Gasteiger partial charge in [0.15, 0.2) is 0 Å². The Kier molecular flexibility index (Phi) is 3.59. The molecule has 0 atom stereocenters. The number of aryl methyl sites for hydroxylation is 1. The minimum atomic E-state index is -0.699. The van der Waals surface area contributed by atoms with Crippen LogP contribution in [0.5, 0.6) is 11.9 Å². The van der Waals surface area contributed by atoms with E-state index in [-0.39, 0.29) is 23.0 Å². The van der Waals surface area contributed by atoms with E-state index in [0.29, 0.717) is 5.69 Å². The van der Waals surface area contributed by atoms with E-state index in [1.807, 2.05) is 0 Å². The maximum atomic E-state index is 13.8. The lowest BCUT2D eigenvalue weighted by molar-refractivity contribution is 0.351. The van der Waals surface area contributed by atoms with Crippen LogP contribution in [-0.2, 0) is 0 Å². The highest BCUT2D eigenvalue weighted by molar-refractivity contribution is 5.72. The van der Waals surface area contributed by atoms with Crippen molar-refractivity contribution in [2.75, 3.05) is 14.2 Å². The highest BCUT2D eigenvalue weighted by Gasteiger charge is 2.21. The molecule has 0 fully saturated rings. The van der Waals surface area contributed by atoms with E-state index in [1.54, 1.807) is 6.92 Å². The van der Waals surface area contributed by atoms with Crippen molar-refractivity contribution in [3.63, 3.8) is 0 Å². The predicted molar refractivity (Wildman–Crippen MR) is 65.2 cm³/mol. The van der Waals surface area contributed by atoms with Gasteiger partial charge >= 0.3 is 6.01 Å². The Hall–Kier alpha value is -2.24. The molecule has 0 aliphatic rings. The molecule has 0 saturated carbocycles. The third-order valence-electron chi connectivity index (χ3n) is 2.62. The van der Waals surface area contributed by atoms with Gasteiger partial charge in [-0.15, -0.1) is 0 Å². The van der Waals surface area contributed by atoms with Crippen molar-refractivity contribution in [2.24, 2.45) is 0 Å². The number of hydrogen-bond acceptors (Lipinski definition) is 4. The van der Waals surface area contributed by atoms with Gasteiger partial charge in [-0.3, -0.25) is 0 Å². The summed E-state index contributed by atoms with van der Waals surface area (Å²) >= 11 is 0. The number of methoxy groups -OCH3 is 2. The highest BCUT2D eigenvalue weighted by atomic mass is 19.1. The molecule has 4 nitrogen and oxygen atoms in total. The summed E-state index contributed by atoms with van der Waals surface area (Å²) in [5, 5.41) is 0. The second kappa shape index (κ2) is 5.17. The molecule has 19 heavy (non-hydrogen) atoms. The SMILES string of the molecule is COc1nc(C)c(-c2c(F)cccc2F)c(OC)n1. The fourth-order valence-electron chi connectivity index (χ4n) is 1.79. The Labute approximate surface area is 109 Å². The first kappa shape index (κ1) is 13.2. The van der Waals surface area contributed by atoms with Gasteiger partial charge in [0, 0.05) is 0 Å². The van der Waals surface area contributed by atoms with E-state index < -0.39 is 11.6 Å². The average molecular weight is 266 g/mol. The Morgan fingerprint density at radius 3 is 2.11 bits per heavy atom. The van der Waals surface area contributed by atoms with Crippen molar-refractivity contribution in [1.29, 1.82) is 0 Å². The van der Waals surface area contributed by atoms with Crippen LogP contribution in [0.25, 0.3) is 11.1 Å². The van der Waals surface area contributed by atoms with Crippen LogP contribution in [-0.4, -0.2) is 24.2 Å². The first-order chi connectivity index (χ1) is 9.08. The fraction of sp³-hybridized carbons (Fsp3) is 0.231. The van der Waals surface area contributed by atoms with Gasteiger partial charge in [0.25, 0.3) is 0 Å². The molecule has 0 radical (unpaired) electrons. The van der Waals surface area contributed by atoms with Crippen LogP contribution >= 0.6 is 0 Å². The first-order valence-electron chi connectivity index (χ1n) is 5.49. The molecule has 2 rings (SSSR count). The molecule has 100 valence electrons. The Morgan fingerprint density at radius 1 is 0.947 bits per heavy atom. The predicted octanol–water partition coefficient (Wildman–Crippen LogP) is 2.75. The van der Waals surface area contributed by atoms with Crippen molar-refractivity contribution in [3.05, 3.63) is 35.5 Å². The van der Waals surface area contributed by atoms with Gasteiger partial charge in [-0.25, -0.2) is 8.78 Å². The summed E-state index contributed by atoms with van der Waals surface area (Å²) in [5.41, 5.74) is 0.339. The van der Waals surface area contributed by atoms with Gasteiger partial charge < -0.3 is 9.47 Å². The van der Waals surface area contributed by atoms with Gasteiger partial charge in [0.05, 0.1) is 31.0 Å². The minimum absolute atomic E-state index is 0.0633. The Bertz CT molecular complexity index is 598. The van der Waals surface area contributed by atoms with Crippen molar-refractivity contribution >= 4 is 0 Å². The second-order valence-corrected chi connectivity index (χ2v) is 3.78. The number of aromatic nitrogens is 2. The molecular weight excluding hydrogens is 254 g/mol. The maximum Gasteiger partial charge on any atom is 0.319 e. The first-order valence-corrected chi connectivity index (χ1v) is 5.49. The van der Waals surface area contributed by atoms with Crippen molar-refractivity contribution in [2.45, 2.75) is 6.92 Å². The van der Waals surface area contributed by atoms with Gasteiger partial charge in [0.2, 0.25) is 5.88 Å². The molecule has 0 aliphatic carbocycles. The van der Waals surface area contributed by atoms with Crippen LogP contribution in [0.3, 0.4) is 0 Å². The molecule has 0 spiro atoms. The zero-order valence-corrected chi connectivity index (χ0v) is 10.7. The molecular formula is C13H12F2N2O2. The van der Waals surface area contributed by atoms with Crippen molar-refractivity contribution in [1.82, 2.24) is 9.97 Å². The van der Waals surface area contributed by atoms with E-state index in [0.717, 1.165) is 0 Å². The molecule has 6 heteroatoms. The van der Waals surface area contributed by atoms with Crippen molar-refractivity contribution in [3.8, 4) is 23.0 Å². The van der Waals surface area contributed by atoms with Crippen LogP contribution in [0.1, 0.15) is 5.69 Å². The molecule has 1 heterocycles. The van der Waals surface area contributed by atoms with Gasteiger partial charge in [-0.2, -0.15) is 9.97 Å². The van der Waals surface area contributed by atoms with Gasteiger partial charge in [-0.05, 0) is 19.1 Å². The summed E-state index contributed by atoms with van der Waals surface area (Å²) in [5.74, 6) is -1.33. The van der Waals surface area contributed by atoms with Crippen LogP contribution in [0.2, 0.25) is 0 Å². The third-order valence-corrected chi connectivity index (χ3v) is 2.62. The second-order valence-electron chi connectivity index (χ2n) is 3.78. The van der Waals surface area contributed by atoms with E-state index in [1.165, 1.54) is 32.4 Å². The topological polar surface area (TPSA) is 44.2 Å². The number of halogens is 2. The maximum absolute atomic E-state index is 13.8. The van der Waals surface area contributed by atoms with Crippen LogP contribution in [0, 0.1) is 18.6 Å². The van der Waals surface area contributed by atoms with Crippen molar-refractivity contribution < 1.29 is 18.3 Å². The van der Waals surface area contributed by atoms with E-state index in [2.05, 4.69) is 9.97 Å². The summed E-state index contributed by atoms with van der Waals surface area (Å²) in [6, 6.07) is 3.71. The summed E-state index contributed by atoms with van der Waals surface area (Å²) in [6.45, 7) is 1.61. The molecule has 1 aromatic heterocycles. The zero-order valence-electron chi connectivity index (χ0n) is 10.7. The Morgan fingerprint density at radius 2 is 1.58 bits per heavy atom. The van der Waals surface area contributed by atoms with Gasteiger partial charge in [0.1, 0.15) is 11.6 Å². The van der Waals surface area contributed by atoms with E-state index in [4.69, 9.17) is 9.47 Å². The molecule has 0 aliphatic heterocycles.